The molecule has 0 saturated heterocycles. The molecule has 0 spiro atoms. The molecule has 0 amide bonds. The zero-order chi connectivity index (χ0) is 14.9. The van der Waals surface area contributed by atoms with Crippen LogP contribution in [-0.4, -0.2) is 42.2 Å². The molecule has 3 aliphatic rings. The second-order valence-electron chi connectivity index (χ2n) is 7.79. The van der Waals surface area contributed by atoms with Crippen molar-refractivity contribution in [1.29, 1.82) is 0 Å². The van der Waals surface area contributed by atoms with Crippen LogP contribution in [0.2, 0.25) is 0 Å². The van der Waals surface area contributed by atoms with E-state index in [0.29, 0.717) is 11.6 Å². The summed E-state index contributed by atoms with van der Waals surface area (Å²) in [5.41, 5.74) is 0.304. The van der Waals surface area contributed by atoms with Crippen molar-refractivity contribution in [2.75, 3.05) is 20.6 Å². The highest BCUT2D eigenvalue weighted by Crippen LogP contribution is 2.44. The van der Waals surface area contributed by atoms with Crippen molar-refractivity contribution in [3.63, 3.8) is 0 Å². The third-order valence-electron chi connectivity index (χ3n) is 6.37. The van der Waals surface area contributed by atoms with Gasteiger partial charge in [0, 0.05) is 18.1 Å². The summed E-state index contributed by atoms with van der Waals surface area (Å²) in [7, 11) is 4.44. The minimum Gasteiger partial charge on any atom is -0.361 e. The monoisotopic (exact) mass is 309 g/mol. The molecule has 3 atom stereocenters. The van der Waals surface area contributed by atoms with Crippen molar-refractivity contribution in [2.45, 2.75) is 69.4 Å². The maximum Gasteiger partial charge on any atom is 0.166 e. The fourth-order valence-electron chi connectivity index (χ4n) is 4.88. The van der Waals surface area contributed by atoms with Gasteiger partial charge < -0.3 is 15.5 Å². The molecule has 0 aromatic heterocycles. The molecule has 3 aliphatic carbocycles. The van der Waals surface area contributed by atoms with Gasteiger partial charge in [0.05, 0.1) is 0 Å². The van der Waals surface area contributed by atoms with Crippen LogP contribution in [0.1, 0.15) is 57.8 Å². The molecular formula is C17H31N3S. The average molecular weight is 310 g/mol. The Kier molecular flexibility index (Phi) is 4.75. The molecule has 0 aromatic rings. The zero-order valence-corrected chi connectivity index (χ0v) is 14.5. The van der Waals surface area contributed by atoms with Gasteiger partial charge in [-0.25, -0.2) is 0 Å². The van der Waals surface area contributed by atoms with Gasteiger partial charge in [-0.3, -0.25) is 0 Å². The molecule has 0 aliphatic heterocycles. The van der Waals surface area contributed by atoms with E-state index in [2.05, 4.69) is 29.6 Å². The normalized spacial score (nSPS) is 34.1. The maximum absolute atomic E-state index is 5.57. The largest absolute Gasteiger partial charge is 0.361 e. The summed E-state index contributed by atoms with van der Waals surface area (Å²) in [5.74, 6) is 1.86. The molecular weight excluding hydrogens is 278 g/mol. The van der Waals surface area contributed by atoms with Crippen LogP contribution in [-0.2, 0) is 0 Å². The first-order valence-corrected chi connectivity index (χ1v) is 9.22. The molecule has 0 aromatic carbocycles. The van der Waals surface area contributed by atoms with Crippen LogP contribution >= 0.6 is 12.2 Å². The van der Waals surface area contributed by atoms with Crippen molar-refractivity contribution in [2.24, 2.45) is 11.8 Å². The Balaban J connectivity index is 1.48. The third kappa shape index (κ3) is 3.37. The summed E-state index contributed by atoms with van der Waals surface area (Å²) < 4.78 is 0. The number of nitrogens with one attached hydrogen (secondary N) is 2. The van der Waals surface area contributed by atoms with Crippen molar-refractivity contribution < 1.29 is 0 Å². The average Bonchev–Trinajstić information content (AvgIpc) is 3.08. The smallest absolute Gasteiger partial charge is 0.166 e. The quantitative estimate of drug-likeness (QED) is 0.781. The number of rotatable bonds is 4. The highest BCUT2D eigenvalue weighted by molar-refractivity contribution is 7.80. The van der Waals surface area contributed by atoms with E-state index >= 15 is 0 Å². The van der Waals surface area contributed by atoms with Gasteiger partial charge in [0.25, 0.3) is 0 Å². The first-order chi connectivity index (χ1) is 10.1. The van der Waals surface area contributed by atoms with Gasteiger partial charge in [-0.2, -0.15) is 0 Å². The SMILES string of the molecule is CN(C)C1(CNC(=S)N[C@H]2C[C@@H]3CC[C@@H]2C3)CCCCC1. The lowest BCUT2D eigenvalue weighted by atomic mass is 9.80. The first-order valence-electron chi connectivity index (χ1n) is 8.81. The summed E-state index contributed by atoms with van der Waals surface area (Å²) in [6, 6.07) is 0.644. The number of likely N-dealkylation sites (N-methyl/N-ethyl adjacent to an activating group) is 1. The molecule has 0 unspecified atom stereocenters. The van der Waals surface area contributed by atoms with Crippen molar-refractivity contribution >= 4 is 17.3 Å². The van der Waals surface area contributed by atoms with Gasteiger partial charge in [0.1, 0.15) is 0 Å². The molecule has 4 heteroatoms. The predicted octanol–water partition coefficient (Wildman–Crippen LogP) is 2.90. The summed E-state index contributed by atoms with van der Waals surface area (Å²) in [6.07, 6.45) is 12.3. The molecule has 120 valence electrons. The maximum atomic E-state index is 5.57. The summed E-state index contributed by atoms with van der Waals surface area (Å²) >= 11 is 5.57. The van der Waals surface area contributed by atoms with E-state index in [0.717, 1.165) is 23.5 Å². The molecule has 3 fully saturated rings. The van der Waals surface area contributed by atoms with E-state index in [4.69, 9.17) is 12.2 Å². The van der Waals surface area contributed by atoms with E-state index in [1.165, 1.54) is 57.8 Å². The molecule has 3 saturated carbocycles. The van der Waals surface area contributed by atoms with E-state index in [-0.39, 0.29) is 0 Å². The summed E-state index contributed by atoms with van der Waals surface area (Å²) in [6.45, 7) is 0.993. The van der Waals surface area contributed by atoms with Crippen LogP contribution in [0, 0.1) is 11.8 Å². The van der Waals surface area contributed by atoms with Gasteiger partial charge >= 0.3 is 0 Å². The van der Waals surface area contributed by atoms with Crippen molar-refractivity contribution in [3.8, 4) is 0 Å². The Hall–Kier alpha value is -0.350. The predicted molar refractivity (Wildman–Crippen MR) is 92.5 cm³/mol. The Labute approximate surface area is 135 Å². The molecule has 3 rings (SSSR count). The Bertz CT molecular complexity index is 376. The minimum absolute atomic E-state index is 0.304. The van der Waals surface area contributed by atoms with E-state index < -0.39 is 0 Å². The number of hydrogen-bond acceptors (Lipinski definition) is 2. The van der Waals surface area contributed by atoms with Crippen LogP contribution in [0.3, 0.4) is 0 Å². The topological polar surface area (TPSA) is 27.3 Å². The molecule has 0 radical (unpaired) electrons. The number of hydrogen-bond donors (Lipinski definition) is 2. The lowest BCUT2D eigenvalue weighted by Crippen LogP contribution is -2.56. The summed E-state index contributed by atoms with van der Waals surface area (Å²) in [4.78, 5) is 2.42. The first kappa shape index (κ1) is 15.5. The Morgan fingerprint density at radius 3 is 2.48 bits per heavy atom. The van der Waals surface area contributed by atoms with E-state index in [1.54, 1.807) is 0 Å². The Morgan fingerprint density at radius 2 is 1.90 bits per heavy atom. The number of fused-ring (bicyclic) bond motifs is 2. The molecule has 21 heavy (non-hydrogen) atoms. The lowest BCUT2D eigenvalue weighted by molar-refractivity contribution is 0.104. The zero-order valence-electron chi connectivity index (χ0n) is 13.7. The van der Waals surface area contributed by atoms with Crippen LogP contribution in [0.4, 0.5) is 0 Å². The van der Waals surface area contributed by atoms with Gasteiger partial charge in [0.15, 0.2) is 5.11 Å². The van der Waals surface area contributed by atoms with Gasteiger partial charge in [-0.05, 0) is 70.3 Å². The molecule has 3 nitrogen and oxygen atoms in total. The number of thiocarbonyl (C=S) groups is 1. The second kappa shape index (κ2) is 6.41. The standard InChI is InChI=1S/C17H31N3S/c1-20(2)17(8-4-3-5-9-17)12-18-16(21)19-15-11-13-6-7-14(15)10-13/h13-15H,3-12H2,1-2H3,(H2,18,19,21)/t13-,14-,15+/m1/s1. The molecule has 2 bridgehead atoms. The third-order valence-corrected chi connectivity index (χ3v) is 6.63. The fourth-order valence-corrected chi connectivity index (χ4v) is 5.10. The van der Waals surface area contributed by atoms with E-state index in [1.807, 2.05) is 0 Å². The van der Waals surface area contributed by atoms with Crippen LogP contribution < -0.4 is 10.6 Å². The summed E-state index contributed by atoms with van der Waals surface area (Å²) in [5, 5.41) is 8.04. The van der Waals surface area contributed by atoms with Crippen LogP contribution in [0.5, 0.6) is 0 Å². The van der Waals surface area contributed by atoms with Crippen LogP contribution in [0.15, 0.2) is 0 Å². The number of nitrogens with zero attached hydrogens (tertiary/aromatic N) is 1. The highest BCUT2D eigenvalue weighted by Gasteiger charge is 2.40. The second-order valence-corrected chi connectivity index (χ2v) is 8.20. The highest BCUT2D eigenvalue weighted by atomic mass is 32.1. The van der Waals surface area contributed by atoms with Gasteiger partial charge in [0.2, 0.25) is 0 Å². The fraction of sp³-hybridized carbons (Fsp3) is 0.941. The van der Waals surface area contributed by atoms with Gasteiger partial charge in [-0.1, -0.05) is 25.7 Å². The van der Waals surface area contributed by atoms with Crippen molar-refractivity contribution in [3.05, 3.63) is 0 Å². The van der Waals surface area contributed by atoms with E-state index in [9.17, 15) is 0 Å². The Morgan fingerprint density at radius 1 is 1.14 bits per heavy atom. The van der Waals surface area contributed by atoms with Crippen molar-refractivity contribution in [1.82, 2.24) is 15.5 Å². The van der Waals surface area contributed by atoms with Gasteiger partial charge in [-0.15, -0.1) is 0 Å². The molecule has 0 heterocycles. The minimum atomic E-state index is 0.304. The lowest BCUT2D eigenvalue weighted by Gasteiger charge is -2.43. The van der Waals surface area contributed by atoms with Crippen LogP contribution in [0.25, 0.3) is 0 Å². The molecule has 2 N–H and O–H groups in total.